The van der Waals surface area contributed by atoms with Gasteiger partial charge in [0, 0.05) is 10.0 Å². The van der Waals surface area contributed by atoms with Crippen LogP contribution in [0.3, 0.4) is 0 Å². The Morgan fingerprint density at radius 2 is 1.85 bits per heavy atom. The number of rotatable bonds is 5. The Bertz CT molecular complexity index is 824. The Balaban J connectivity index is 1.87. The van der Waals surface area contributed by atoms with E-state index in [0.717, 1.165) is 11.1 Å². The van der Waals surface area contributed by atoms with E-state index in [1.54, 1.807) is 31.2 Å². The fourth-order valence-corrected chi connectivity index (χ4v) is 2.69. The van der Waals surface area contributed by atoms with Gasteiger partial charge in [-0.2, -0.15) is 0 Å². The molecule has 0 bridgehead atoms. The van der Waals surface area contributed by atoms with Gasteiger partial charge >= 0.3 is 0 Å². The Morgan fingerprint density at radius 1 is 1.12 bits per heavy atom. The molecule has 0 saturated carbocycles. The summed E-state index contributed by atoms with van der Waals surface area (Å²) in [7, 11) is 0. The number of aryl methyl sites for hydroxylation is 1. The summed E-state index contributed by atoms with van der Waals surface area (Å²) >= 11 is 11.9. The molecule has 26 heavy (non-hydrogen) atoms. The van der Waals surface area contributed by atoms with Gasteiger partial charge in [-0.25, -0.2) is 0 Å². The number of benzene rings is 2. The predicted octanol–water partition coefficient (Wildman–Crippen LogP) is 3.77. The molecule has 0 aliphatic rings. The zero-order valence-corrected chi connectivity index (χ0v) is 16.2. The van der Waals surface area contributed by atoms with Gasteiger partial charge in [0.2, 0.25) is 5.91 Å². The van der Waals surface area contributed by atoms with E-state index in [4.69, 9.17) is 27.9 Å². The van der Waals surface area contributed by atoms with Crippen LogP contribution >= 0.6 is 23.2 Å². The average Bonchev–Trinajstić information content (AvgIpc) is 2.59. The number of hydrazine groups is 1. The first-order chi connectivity index (χ1) is 12.3. The van der Waals surface area contributed by atoms with E-state index in [2.05, 4.69) is 10.9 Å². The second-order valence-corrected chi connectivity index (χ2v) is 6.75. The van der Waals surface area contributed by atoms with Crippen LogP contribution in [0.4, 0.5) is 0 Å². The molecule has 0 aliphatic carbocycles. The topological polar surface area (TPSA) is 67.4 Å². The molecule has 0 unspecified atom stereocenters. The van der Waals surface area contributed by atoms with Crippen LogP contribution in [0.1, 0.15) is 23.6 Å². The maximum Gasteiger partial charge on any atom is 0.279 e. The van der Waals surface area contributed by atoms with E-state index < -0.39 is 17.9 Å². The molecule has 138 valence electrons. The molecule has 2 N–H and O–H groups in total. The second kappa shape index (κ2) is 8.92. The van der Waals surface area contributed by atoms with Gasteiger partial charge in [0.1, 0.15) is 5.75 Å². The van der Waals surface area contributed by atoms with Crippen molar-refractivity contribution in [3.63, 3.8) is 0 Å². The molecule has 0 radical (unpaired) electrons. The van der Waals surface area contributed by atoms with E-state index in [1.165, 1.54) is 0 Å². The van der Waals surface area contributed by atoms with Gasteiger partial charge in [-0.3, -0.25) is 20.4 Å². The van der Waals surface area contributed by atoms with Crippen molar-refractivity contribution < 1.29 is 14.3 Å². The Labute approximate surface area is 162 Å². The van der Waals surface area contributed by atoms with Crippen molar-refractivity contribution in [1.29, 1.82) is 0 Å². The van der Waals surface area contributed by atoms with E-state index in [-0.39, 0.29) is 6.42 Å². The Kier molecular flexibility index (Phi) is 6.89. The zero-order chi connectivity index (χ0) is 19.3. The normalized spacial score (nSPS) is 11.6. The molecule has 0 fully saturated rings. The molecule has 0 saturated heterocycles. The summed E-state index contributed by atoms with van der Waals surface area (Å²) in [6, 6.07) is 10.5. The molecule has 0 aromatic heterocycles. The molecule has 2 amide bonds. The first-order valence-electron chi connectivity index (χ1n) is 8.03. The van der Waals surface area contributed by atoms with E-state index >= 15 is 0 Å². The summed E-state index contributed by atoms with van der Waals surface area (Å²) in [4.78, 5) is 24.1. The third-order valence-electron chi connectivity index (χ3n) is 3.92. The first-order valence-corrected chi connectivity index (χ1v) is 8.79. The van der Waals surface area contributed by atoms with Crippen molar-refractivity contribution in [2.45, 2.75) is 33.3 Å². The number of ether oxygens (including phenoxy) is 1. The van der Waals surface area contributed by atoms with Gasteiger partial charge in [-0.1, -0.05) is 41.4 Å². The summed E-state index contributed by atoms with van der Waals surface area (Å²) < 4.78 is 5.67. The number of hydrogen-bond acceptors (Lipinski definition) is 3. The lowest BCUT2D eigenvalue weighted by Crippen LogP contribution is -2.47. The van der Waals surface area contributed by atoms with Crippen molar-refractivity contribution in [1.82, 2.24) is 10.9 Å². The largest absolute Gasteiger partial charge is 0.481 e. The average molecular weight is 395 g/mol. The van der Waals surface area contributed by atoms with Crippen LogP contribution in [0.15, 0.2) is 36.4 Å². The fraction of sp³-hybridized carbons (Fsp3) is 0.263. The lowest BCUT2D eigenvalue weighted by Gasteiger charge is -2.17. The standard InChI is InChI=1S/C19H20Cl2N2O3/c1-11-5-4-6-17(12(11)2)26-13(3)19(25)23-22-18(24)9-14-7-8-15(20)10-16(14)21/h4-8,10,13H,9H2,1-3H3,(H,22,24)(H,23,25)/t13-/m1/s1. The summed E-state index contributed by atoms with van der Waals surface area (Å²) in [6.45, 7) is 5.50. The monoisotopic (exact) mass is 394 g/mol. The summed E-state index contributed by atoms with van der Waals surface area (Å²) in [5, 5.41) is 0.885. The van der Waals surface area contributed by atoms with Crippen LogP contribution in [0.2, 0.25) is 10.0 Å². The lowest BCUT2D eigenvalue weighted by atomic mass is 10.1. The highest BCUT2D eigenvalue weighted by molar-refractivity contribution is 6.35. The van der Waals surface area contributed by atoms with Gasteiger partial charge in [-0.05, 0) is 55.7 Å². The van der Waals surface area contributed by atoms with Crippen LogP contribution < -0.4 is 15.6 Å². The second-order valence-electron chi connectivity index (χ2n) is 5.91. The molecule has 7 heteroatoms. The zero-order valence-electron chi connectivity index (χ0n) is 14.7. The van der Waals surface area contributed by atoms with Crippen LogP contribution in [0.5, 0.6) is 5.75 Å². The highest BCUT2D eigenvalue weighted by atomic mass is 35.5. The SMILES string of the molecule is Cc1cccc(O[C@H](C)C(=O)NNC(=O)Cc2ccc(Cl)cc2Cl)c1C. The highest BCUT2D eigenvalue weighted by Gasteiger charge is 2.17. The van der Waals surface area contributed by atoms with Gasteiger partial charge in [0.05, 0.1) is 6.42 Å². The van der Waals surface area contributed by atoms with Crippen LogP contribution in [0.25, 0.3) is 0 Å². The van der Waals surface area contributed by atoms with E-state index in [0.29, 0.717) is 21.4 Å². The molecular formula is C19H20Cl2N2O3. The highest BCUT2D eigenvalue weighted by Crippen LogP contribution is 2.22. The smallest absolute Gasteiger partial charge is 0.279 e. The van der Waals surface area contributed by atoms with Crippen molar-refractivity contribution in [3.05, 3.63) is 63.1 Å². The fourth-order valence-electron chi connectivity index (χ4n) is 2.21. The van der Waals surface area contributed by atoms with Crippen molar-refractivity contribution in [3.8, 4) is 5.75 Å². The minimum Gasteiger partial charge on any atom is -0.481 e. The Hall–Kier alpha value is -2.24. The minimum atomic E-state index is -0.769. The molecule has 1 atom stereocenters. The van der Waals surface area contributed by atoms with Crippen molar-refractivity contribution >= 4 is 35.0 Å². The quantitative estimate of drug-likeness (QED) is 0.758. The van der Waals surface area contributed by atoms with Gasteiger partial charge in [-0.15, -0.1) is 0 Å². The summed E-state index contributed by atoms with van der Waals surface area (Å²) in [6.07, 6.45) is -0.752. The molecule has 0 heterocycles. The van der Waals surface area contributed by atoms with E-state index in [9.17, 15) is 9.59 Å². The molecule has 0 aliphatic heterocycles. The van der Waals surface area contributed by atoms with Crippen LogP contribution in [-0.4, -0.2) is 17.9 Å². The van der Waals surface area contributed by atoms with Gasteiger partial charge in [0.25, 0.3) is 5.91 Å². The maximum atomic E-state index is 12.1. The summed E-state index contributed by atoms with van der Waals surface area (Å²) in [5.74, 6) is -0.227. The number of amides is 2. The number of carbonyl (C=O) groups excluding carboxylic acids is 2. The third kappa shape index (κ3) is 5.38. The van der Waals surface area contributed by atoms with Crippen molar-refractivity contribution in [2.75, 3.05) is 0 Å². The molecule has 0 spiro atoms. The number of hydrogen-bond donors (Lipinski definition) is 2. The number of nitrogens with one attached hydrogen (secondary N) is 2. The van der Waals surface area contributed by atoms with Gasteiger partial charge < -0.3 is 4.74 Å². The molecule has 2 rings (SSSR count). The Morgan fingerprint density at radius 3 is 2.54 bits per heavy atom. The third-order valence-corrected chi connectivity index (χ3v) is 4.51. The van der Waals surface area contributed by atoms with Crippen LogP contribution in [0, 0.1) is 13.8 Å². The summed E-state index contributed by atoms with van der Waals surface area (Å²) in [5.41, 5.74) is 7.36. The van der Waals surface area contributed by atoms with Crippen molar-refractivity contribution in [2.24, 2.45) is 0 Å². The molecule has 2 aromatic carbocycles. The number of halogens is 2. The lowest BCUT2D eigenvalue weighted by molar-refractivity contribution is -0.132. The molecule has 5 nitrogen and oxygen atoms in total. The van der Waals surface area contributed by atoms with Gasteiger partial charge in [0.15, 0.2) is 6.10 Å². The first kappa shape index (κ1) is 20.1. The number of carbonyl (C=O) groups is 2. The van der Waals surface area contributed by atoms with Crippen LogP contribution in [-0.2, 0) is 16.0 Å². The molecule has 2 aromatic rings. The van der Waals surface area contributed by atoms with E-state index in [1.807, 2.05) is 26.0 Å². The molecular weight excluding hydrogens is 375 g/mol. The predicted molar refractivity (Wildman–Crippen MR) is 102 cm³/mol. The minimum absolute atomic E-state index is 0.0164. The maximum absolute atomic E-state index is 12.1.